The van der Waals surface area contributed by atoms with Gasteiger partial charge in [0.1, 0.15) is 11.6 Å². The molecule has 1 aliphatic rings. The first-order valence-electron chi connectivity index (χ1n) is 7.06. The van der Waals surface area contributed by atoms with E-state index in [-0.39, 0.29) is 0 Å². The molecule has 2 rings (SSSR count). The molecule has 5 nitrogen and oxygen atoms in total. The molecule has 2 N–H and O–H groups in total. The molecule has 0 saturated carbocycles. The zero-order chi connectivity index (χ0) is 13.7. The number of nitrogens with zero attached hydrogens (tertiary/aromatic N) is 3. The average molecular weight is 264 g/mol. The number of rotatable bonds is 5. The van der Waals surface area contributed by atoms with Crippen molar-refractivity contribution in [3.8, 4) is 0 Å². The standard InChI is InChI=1S/C14H24N4O/c1-11-8-13(15-2)17-14(16-11)10-18-6-3-4-12(9-18)5-7-19/h8,12,19H,3-7,9-10H2,1-2H3,(H,15,16,17). The Morgan fingerprint density at radius 2 is 2.32 bits per heavy atom. The first-order valence-corrected chi connectivity index (χ1v) is 7.06. The van der Waals surface area contributed by atoms with Crippen molar-refractivity contribution in [1.82, 2.24) is 14.9 Å². The van der Waals surface area contributed by atoms with Gasteiger partial charge in [-0.25, -0.2) is 9.97 Å². The third-order valence-corrected chi connectivity index (χ3v) is 3.66. The van der Waals surface area contributed by atoms with Gasteiger partial charge in [0.15, 0.2) is 0 Å². The van der Waals surface area contributed by atoms with E-state index in [0.29, 0.717) is 12.5 Å². The van der Waals surface area contributed by atoms with Crippen LogP contribution < -0.4 is 5.32 Å². The van der Waals surface area contributed by atoms with Gasteiger partial charge in [0.25, 0.3) is 0 Å². The molecule has 1 atom stereocenters. The molecule has 2 heterocycles. The number of hydrogen-bond acceptors (Lipinski definition) is 5. The Bertz CT molecular complexity index is 408. The van der Waals surface area contributed by atoms with E-state index in [1.165, 1.54) is 12.8 Å². The van der Waals surface area contributed by atoms with Crippen LogP contribution in [-0.2, 0) is 6.54 Å². The third-order valence-electron chi connectivity index (χ3n) is 3.66. The summed E-state index contributed by atoms with van der Waals surface area (Å²) >= 11 is 0. The highest BCUT2D eigenvalue weighted by Crippen LogP contribution is 2.20. The lowest BCUT2D eigenvalue weighted by Crippen LogP contribution is -2.35. The minimum atomic E-state index is 0.295. The van der Waals surface area contributed by atoms with E-state index in [2.05, 4.69) is 20.2 Å². The molecule has 0 bridgehead atoms. The summed E-state index contributed by atoms with van der Waals surface area (Å²) in [4.78, 5) is 11.4. The molecule has 0 amide bonds. The fraction of sp³-hybridized carbons (Fsp3) is 0.714. The highest BCUT2D eigenvalue weighted by molar-refractivity contribution is 5.34. The summed E-state index contributed by atoms with van der Waals surface area (Å²) in [6.07, 6.45) is 3.34. The largest absolute Gasteiger partial charge is 0.396 e. The predicted octanol–water partition coefficient (Wildman–Crippen LogP) is 1.42. The van der Waals surface area contributed by atoms with Gasteiger partial charge in [-0.2, -0.15) is 0 Å². The van der Waals surface area contributed by atoms with Crippen LogP contribution in [0.5, 0.6) is 0 Å². The van der Waals surface area contributed by atoms with Gasteiger partial charge >= 0.3 is 0 Å². The summed E-state index contributed by atoms with van der Waals surface area (Å²) in [5, 5.41) is 12.1. The van der Waals surface area contributed by atoms with E-state index in [1.54, 1.807) is 0 Å². The second-order valence-electron chi connectivity index (χ2n) is 5.32. The molecule has 1 aromatic rings. The topological polar surface area (TPSA) is 61.3 Å². The maximum Gasteiger partial charge on any atom is 0.144 e. The van der Waals surface area contributed by atoms with E-state index >= 15 is 0 Å². The average Bonchev–Trinajstić information content (AvgIpc) is 2.39. The van der Waals surface area contributed by atoms with Gasteiger partial charge in [-0.15, -0.1) is 0 Å². The van der Waals surface area contributed by atoms with Crippen molar-refractivity contribution in [3.05, 3.63) is 17.6 Å². The van der Waals surface area contributed by atoms with Gasteiger partial charge in [0, 0.05) is 32.0 Å². The van der Waals surface area contributed by atoms with Crippen molar-refractivity contribution in [2.24, 2.45) is 5.92 Å². The molecule has 106 valence electrons. The van der Waals surface area contributed by atoms with Crippen LogP contribution in [0.1, 0.15) is 30.8 Å². The fourth-order valence-corrected chi connectivity index (χ4v) is 2.74. The number of hydrogen-bond donors (Lipinski definition) is 2. The number of nitrogens with one attached hydrogen (secondary N) is 1. The van der Waals surface area contributed by atoms with Gasteiger partial charge in [-0.3, -0.25) is 4.90 Å². The molecule has 0 spiro atoms. The Balaban J connectivity index is 1.98. The molecule has 1 saturated heterocycles. The van der Waals surface area contributed by atoms with Crippen LogP contribution >= 0.6 is 0 Å². The minimum absolute atomic E-state index is 0.295. The molecule has 1 aromatic heterocycles. The van der Waals surface area contributed by atoms with Gasteiger partial charge < -0.3 is 10.4 Å². The van der Waals surface area contributed by atoms with Crippen molar-refractivity contribution in [1.29, 1.82) is 0 Å². The second-order valence-corrected chi connectivity index (χ2v) is 5.32. The number of anilines is 1. The van der Waals surface area contributed by atoms with Crippen LogP contribution in [0.2, 0.25) is 0 Å². The Morgan fingerprint density at radius 1 is 1.47 bits per heavy atom. The number of piperidine rings is 1. The van der Waals surface area contributed by atoms with E-state index in [4.69, 9.17) is 5.11 Å². The summed E-state index contributed by atoms with van der Waals surface area (Å²) in [6.45, 7) is 5.25. The van der Waals surface area contributed by atoms with E-state index in [1.807, 2.05) is 20.0 Å². The lowest BCUT2D eigenvalue weighted by Gasteiger charge is -2.32. The SMILES string of the molecule is CNc1cc(C)nc(CN2CCCC(CCO)C2)n1. The summed E-state index contributed by atoms with van der Waals surface area (Å²) < 4.78 is 0. The van der Waals surface area contributed by atoms with Crippen LogP contribution in [0, 0.1) is 12.8 Å². The molecule has 0 aliphatic carbocycles. The van der Waals surface area contributed by atoms with Gasteiger partial charge in [0.2, 0.25) is 0 Å². The fourth-order valence-electron chi connectivity index (χ4n) is 2.74. The lowest BCUT2D eigenvalue weighted by molar-refractivity contribution is 0.140. The first-order chi connectivity index (χ1) is 9.21. The van der Waals surface area contributed by atoms with Gasteiger partial charge in [-0.05, 0) is 38.6 Å². The normalized spacial score (nSPS) is 20.5. The zero-order valence-electron chi connectivity index (χ0n) is 11.9. The summed E-state index contributed by atoms with van der Waals surface area (Å²) in [7, 11) is 1.88. The quantitative estimate of drug-likeness (QED) is 0.842. The maximum atomic E-state index is 9.05. The van der Waals surface area contributed by atoms with Crippen LogP contribution in [-0.4, -0.2) is 46.7 Å². The maximum absolute atomic E-state index is 9.05. The molecule has 1 fully saturated rings. The van der Waals surface area contributed by atoms with Crippen molar-refractivity contribution in [2.45, 2.75) is 32.7 Å². The third kappa shape index (κ3) is 4.14. The monoisotopic (exact) mass is 264 g/mol. The Kier molecular flexibility index (Phi) is 5.10. The predicted molar refractivity (Wildman–Crippen MR) is 76.0 cm³/mol. The lowest BCUT2D eigenvalue weighted by atomic mass is 9.95. The van der Waals surface area contributed by atoms with Crippen LogP contribution in [0.15, 0.2) is 6.07 Å². The summed E-state index contributed by atoms with van der Waals surface area (Å²) in [5.41, 5.74) is 0.998. The molecule has 0 radical (unpaired) electrons. The molecule has 0 aromatic carbocycles. The van der Waals surface area contributed by atoms with Crippen LogP contribution in [0.3, 0.4) is 0 Å². The van der Waals surface area contributed by atoms with Crippen molar-refractivity contribution >= 4 is 5.82 Å². The molecule has 1 unspecified atom stereocenters. The van der Waals surface area contributed by atoms with E-state index in [9.17, 15) is 0 Å². The van der Waals surface area contributed by atoms with Crippen molar-refractivity contribution < 1.29 is 5.11 Å². The number of aromatic nitrogens is 2. The molecular formula is C14H24N4O. The van der Waals surface area contributed by atoms with E-state index < -0.39 is 0 Å². The Morgan fingerprint density at radius 3 is 3.05 bits per heavy atom. The van der Waals surface area contributed by atoms with E-state index in [0.717, 1.165) is 43.4 Å². The molecule has 19 heavy (non-hydrogen) atoms. The molecular weight excluding hydrogens is 240 g/mol. The highest BCUT2D eigenvalue weighted by atomic mass is 16.3. The van der Waals surface area contributed by atoms with Gasteiger partial charge in [-0.1, -0.05) is 0 Å². The Hall–Kier alpha value is -1.20. The molecule has 1 aliphatic heterocycles. The number of aliphatic hydroxyl groups excluding tert-OH is 1. The van der Waals surface area contributed by atoms with Crippen LogP contribution in [0.25, 0.3) is 0 Å². The van der Waals surface area contributed by atoms with Crippen molar-refractivity contribution in [3.63, 3.8) is 0 Å². The summed E-state index contributed by atoms with van der Waals surface area (Å²) in [5.74, 6) is 2.38. The smallest absolute Gasteiger partial charge is 0.144 e. The zero-order valence-corrected chi connectivity index (χ0v) is 11.9. The highest BCUT2D eigenvalue weighted by Gasteiger charge is 2.20. The Labute approximate surface area is 115 Å². The number of aliphatic hydroxyl groups is 1. The molecule has 5 heteroatoms. The second kappa shape index (κ2) is 6.82. The van der Waals surface area contributed by atoms with Gasteiger partial charge in [0.05, 0.1) is 6.54 Å². The first kappa shape index (κ1) is 14.2. The van der Waals surface area contributed by atoms with Crippen molar-refractivity contribution in [2.75, 3.05) is 32.1 Å². The van der Waals surface area contributed by atoms with Crippen LogP contribution in [0.4, 0.5) is 5.82 Å². The summed E-state index contributed by atoms with van der Waals surface area (Å²) in [6, 6.07) is 1.95. The number of likely N-dealkylation sites (tertiary alicyclic amines) is 1. The minimum Gasteiger partial charge on any atom is -0.396 e. The number of aryl methyl sites for hydroxylation is 1.